The third-order valence-corrected chi connectivity index (χ3v) is 7.07. The number of fused-ring (bicyclic) bond motifs is 1. The predicted molar refractivity (Wildman–Crippen MR) is 134 cm³/mol. The fraction of sp³-hybridized carbons (Fsp3) is 0.185. The van der Waals surface area contributed by atoms with Crippen LogP contribution in [0.2, 0.25) is 0 Å². The molecule has 4 aromatic rings. The van der Waals surface area contributed by atoms with Gasteiger partial charge in [-0.3, -0.25) is 9.59 Å². The first-order valence-electron chi connectivity index (χ1n) is 11.1. The van der Waals surface area contributed by atoms with Crippen LogP contribution in [-0.4, -0.2) is 41.5 Å². The third kappa shape index (κ3) is 4.16. The Balaban J connectivity index is 1.50. The van der Waals surface area contributed by atoms with Gasteiger partial charge in [-0.05, 0) is 59.5 Å². The minimum absolute atomic E-state index is 0.0776. The van der Waals surface area contributed by atoms with E-state index in [0.717, 1.165) is 16.1 Å². The second kappa shape index (κ2) is 9.67. The molecule has 172 valence electrons. The van der Waals surface area contributed by atoms with Crippen LogP contribution in [0.15, 0.2) is 90.6 Å². The molecule has 0 spiro atoms. The van der Waals surface area contributed by atoms with Crippen LogP contribution in [0, 0.1) is 0 Å². The van der Waals surface area contributed by atoms with E-state index in [1.165, 1.54) is 0 Å². The van der Waals surface area contributed by atoms with Crippen LogP contribution in [0.25, 0.3) is 5.69 Å². The van der Waals surface area contributed by atoms with Crippen LogP contribution in [0.4, 0.5) is 5.69 Å². The molecule has 0 saturated carbocycles. The highest BCUT2D eigenvalue weighted by Gasteiger charge is 2.44. The molecule has 2 aromatic heterocycles. The van der Waals surface area contributed by atoms with Crippen molar-refractivity contribution in [2.75, 3.05) is 25.6 Å². The van der Waals surface area contributed by atoms with Crippen molar-refractivity contribution in [1.82, 2.24) is 9.47 Å². The van der Waals surface area contributed by atoms with Crippen LogP contribution in [0.3, 0.4) is 0 Å². The first-order valence-corrected chi connectivity index (χ1v) is 12.0. The minimum Gasteiger partial charge on any atom is -0.383 e. The molecule has 1 aliphatic heterocycles. The molecule has 0 bridgehead atoms. The minimum atomic E-state index is -0.548. The lowest BCUT2D eigenvalue weighted by Crippen LogP contribution is -2.47. The molecule has 2 unspecified atom stereocenters. The molecule has 2 aromatic carbocycles. The van der Waals surface area contributed by atoms with Gasteiger partial charge in [0.2, 0.25) is 5.91 Å². The van der Waals surface area contributed by atoms with Gasteiger partial charge in [-0.15, -0.1) is 11.3 Å². The van der Waals surface area contributed by atoms with E-state index in [0.29, 0.717) is 24.4 Å². The summed E-state index contributed by atoms with van der Waals surface area (Å²) in [4.78, 5) is 30.0. The molecule has 2 amide bonds. The zero-order chi connectivity index (χ0) is 23.5. The van der Waals surface area contributed by atoms with Gasteiger partial charge in [0.15, 0.2) is 0 Å². The summed E-state index contributed by atoms with van der Waals surface area (Å²) in [5.41, 5.74) is 3.04. The van der Waals surface area contributed by atoms with Crippen molar-refractivity contribution >= 4 is 28.8 Å². The first-order chi connectivity index (χ1) is 16.7. The van der Waals surface area contributed by atoms with Gasteiger partial charge in [0, 0.05) is 47.9 Å². The lowest BCUT2D eigenvalue weighted by Gasteiger charge is -2.41. The first kappa shape index (κ1) is 22.1. The summed E-state index contributed by atoms with van der Waals surface area (Å²) in [6.07, 6.45) is 3.95. The van der Waals surface area contributed by atoms with Crippen molar-refractivity contribution in [3.8, 4) is 5.69 Å². The van der Waals surface area contributed by atoms with E-state index in [1.54, 1.807) is 29.4 Å². The molecule has 0 radical (unpaired) electrons. The second-order valence-electron chi connectivity index (χ2n) is 8.14. The zero-order valence-corrected chi connectivity index (χ0v) is 19.6. The number of nitrogens with zero attached hydrogens (tertiary/aromatic N) is 2. The average molecular weight is 472 g/mol. The maximum atomic E-state index is 13.8. The van der Waals surface area contributed by atoms with Crippen LogP contribution in [0.5, 0.6) is 0 Å². The Morgan fingerprint density at radius 1 is 1.00 bits per heavy atom. The molecule has 5 rings (SSSR count). The molecular formula is C27H25N3O3S. The molecular weight excluding hydrogens is 446 g/mol. The van der Waals surface area contributed by atoms with E-state index in [1.807, 2.05) is 89.1 Å². The van der Waals surface area contributed by atoms with Crippen molar-refractivity contribution in [2.24, 2.45) is 0 Å². The predicted octanol–water partition coefficient (Wildman–Crippen LogP) is 5.10. The summed E-state index contributed by atoms with van der Waals surface area (Å²) in [7, 11) is 1.62. The lowest BCUT2D eigenvalue weighted by molar-refractivity contribution is -0.119. The Morgan fingerprint density at radius 2 is 1.76 bits per heavy atom. The van der Waals surface area contributed by atoms with Crippen molar-refractivity contribution in [1.29, 1.82) is 0 Å². The molecule has 6 nitrogen and oxygen atoms in total. The normalized spacial score (nSPS) is 17.4. The average Bonchev–Trinajstić information content (AvgIpc) is 3.58. The number of benzene rings is 2. The molecule has 1 aliphatic rings. The SMILES string of the molecule is COCCN1C(=O)c2ccccc2C(C(=O)Nc2ccc(-n3cccc3)cc2)C1c1cccs1. The van der Waals surface area contributed by atoms with Gasteiger partial charge in [0.25, 0.3) is 5.91 Å². The van der Waals surface area contributed by atoms with Gasteiger partial charge in [-0.25, -0.2) is 0 Å². The van der Waals surface area contributed by atoms with Crippen molar-refractivity contribution in [3.05, 3.63) is 107 Å². The number of methoxy groups -OCH3 is 1. The summed E-state index contributed by atoms with van der Waals surface area (Å²) in [6.45, 7) is 0.798. The van der Waals surface area contributed by atoms with E-state index < -0.39 is 12.0 Å². The number of thiophene rings is 1. The molecule has 3 heterocycles. The Bertz CT molecular complexity index is 1270. The van der Waals surface area contributed by atoms with Gasteiger partial charge in [0.05, 0.1) is 18.6 Å². The van der Waals surface area contributed by atoms with Crippen LogP contribution in [-0.2, 0) is 9.53 Å². The number of rotatable bonds is 7. The second-order valence-corrected chi connectivity index (χ2v) is 9.12. The highest BCUT2D eigenvalue weighted by molar-refractivity contribution is 7.10. The number of nitrogens with one attached hydrogen (secondary N) is 1. The topological polar surface area (TPSA) is 63.6 Å². The number of hydrogen-bond acceptors (Lipinski definition) is 4. The van der Waals surface area contributed by atoms with Crippen LogP contribution >= 0.6 is 11.3 Å². The number of aromatic nitrogens is 1. The Kier molecular flexibility index (Phi) is 6.29. The zero-order valence-electron chi connectivity index (χ0n) is 18.8. The molecule has 0 fully saturated rings. The number of anilines is 1. The Morgan fingerprint density at radius 3 is 2.47 bits per heavy atom. The fourth-order valence-electron chi connectivity index (χ4n) is 4.53. The smallest absolute Gasteiger partial charge is 0.254 e. The summed E-state index contributed by atoms with van der Waals surface area (Å²) < 4.78 is 7.30. The summed E-state index contributed by atoms with van der Waals surface area (Å²) in [5.74, 6) is -0.769. The van der Waals surface area contributed by atoms with E-state index in [9.17, 15) is 9.59 Å². The van der Waals surface area contributed by atoms with Crippen molar-refractivity contribution < 1.29 is 14.3 Å². The van der Waals surface area contributed by atoms with Gasteiger partial charge in [-0.2, -0.15) is 0 Å². The maximum absolute atomic E-state index is 13.8. The lowest BCUT2D eigenvalue weighted by atomic mass is 9.81. The number of carbonyl (C=O) groups excluding carboxylic acids is 2. The fourth-order valence-corrected chi connectivity index (χ4v) is 5.40. The summed E-state index contributed by atoms with van der Waals surface area (Å²) >= 11 is 1.55. The summed E-state index contributed by atoms with van der Waals surface area (Å²) in [6, 6.07) is 22.6. The Labute approximate surface area is 202 Å². The van der Waals surface area contributed by atoms with Crippen molar-refractivity contribution in [2.45, 2.75) is 12.0 Å². The largest absolute Gasteiger partial charge is 0.383 e. The van der Waals surface area contributed by atoms with Gasteiger partial charge in [-0.1, -0.05) is 24.3 Å². The standard InChI is InChI=1S/C27H25N3O3S/c1-33-17-16-30-25(23-9-6-18-34-23)24(21-7-2-3-8-22(21)27(30)32)26(31)28-19-10-12-20(13-11-19)29-14-4-5-15-29/h2-15,18,24-25H,16-17H2,1H3,(H,28,31). The third-order valence-electron chi connectivity index (χ3n) is 6.13. The van der Waals surface area contributed by atoms with Crippen LogP contribution < -0.4 is 5.32 Å². The van der Waals surface area contributed by atoms with E-state index in [4.69, 9.17) is 4.74 Å². The number of amides is 2. The van der Waals surface area contributed by atoms with E-state index >= 15 is 0 Å². The van der Waals surface area contributed by atoms with Gasteiger partial charge < -0.3 is 19.5 Å². The van der Waals surface area contributed by atoms with Gasteiger partial charge in [0.1, 0.15) is 0 Å². The Hall–Kier alpha value is -3.68. The molecule has 2 atom stereocenters. The highest BCUT2D eigenvalue weighted by atomic mass is 32.1. The number of carbonyl (C=O) groups is 2. The maximum Gasteiger partial charge on any atom is 0.254 e. The highest BCUT2D eigenvalue weighted by Crippen LogP contribution is 2.44. The van der Waals surface area contributed by atoms with Gasteiger partial charge >= 0.3 is 0 Å². The molecule has 7 heteroatoms. The quantitative estimate of drug-likeness (QED) is 0.408. The molecule has 0 saturated heterocycles. The van der Waals surface area contributed by atoms with Crippen LogP contribution in [0.1, 0.15) is 32.8 Å². The molecule has 1 N–H and O–H groups in total. The molecule has 0 aliphatic carbocycles. The summed E-state index contributed by atoms with van der Waals surface area (Å²) in [5, 5.41) is 5.07. The number of hydrogen-bond donors (Lipinski definition) is 1. The monoisotopic (exact) mass is 471 g/mol. The number of ether oxygens (including phenoxy) is 1. The van der Waals surface area contributed by atoms with E-state index in [2.05, 4.69) is 5.32 Å². The van der Waals surface area contributed by atoms with E-state index in [-0.39, 0.29) is 11.8 Å². The van der Waals surface area contributed by atoms with Crippen molar-refractivity contribution in [3.63, 3.8) is 0 Å². The molecule has 34 heavy (non-hydrogen) atoms.